The molecule has 0 aliphatic heterocycles. The molecule has 0 bridgehead atoms. The van der Waals surface area contributed by atoms with Crippen molar-refractivity contribution in [3.63, 3.8) is 0 Å². The molecule has 0 rings (SSSR count). The van der Waals surface area contributed by atoms with E-state index in [-0.39, 0.29) is 57.1 Å². The molecule has 0 aromatic rings. The molecule has 0 aliphatic rings. The number of rotatable bonds is 1. The Balaban J connectivity index is 0. The number of hydrogen-bond donors (Lipinski definition) is 1. The Hall–Kier alpha value is 0.646. The van der Waals surface area contributed by atoms with E-state index in [0.717, 1.165) is 0 Å². The fraction of sp³-hybridized carbons (Fsp3) is 0.250. The minimum Gasteiger partial charge on any atom is -0.543 e. The van der Waals surface area contributed by atoms with Crippen molar-refractivity contribution in [3.05, 3.63) is 11.8 Å². The summed E-state index contributed by atoms with van der Waals surface area (Å²) in [5, 5.41) is 9.63. The molecule has 0 fully saturated rings. The Labute approximate surface area is 90.4 Å². The molecule has 0 amide bonds. The zero-order chi connectivity index (χ0) is 5.86. The van der Waals surface area contributed by atoms with Gasteiger partial charge in [-0.15, -0.1) is 0 Å². The molecule has 0 spiro atoms. The molecule has 0 radical (unpaired) electrons. The van der Waals surface area contributed by atoms with E-state index in [9.17, 15) is 9.90 Å². The molecule has 0 aliphatic carbocycles. The molecular weight excluding hydrogens is 133 g/mol. The molecule has 0 atom stereocenters. The number of carbonyl (C=O) groups excluding carboxylic acids is 1. The van der Waals surface area contributed by atoms with E-state index in [4.69, 9.17) is 5.73 Å². The molecule has 0 unspecified atom stereocenters. The van der Waals surface area contributed by atoms with E-state index >= 15 is 0 Å². The van der Waals surface area contributed by atoms with Crippen molar-refractivity contribution >= 4 is 5.97 Å². The van der Waals surface area contributed by atoms with Gasteiger partial charge in [-0.05, 0) is 6.92 Å². The van der Waals surface area contributed by atoms with Crippen molar-refractivity contribution in [1.82, 2.24) is 0 Å². The van der Waals surface area contributed by atoms with E-state index in [0.29, 0.717) is 0 Å². The van der Waals surface area contributed by atoms with Crippen LogP contribution in [0, 0.1) is 0 Å². The number of aliphatic carboxylic acids is 1. The predicted octanol–water partition coefficient (Wildman–Crippen LogP) is -4.40. The summed E-state index contributed by atoms with van der Waals surface area (Å²) in [6.45, 7) is 1.53. The van der Waals surface area contributed by atoms with Gasteiger partial charge in [-0.1, -0.05) is 6.08 Å². The molecular formula is C4H6KNO2. The largest absolute Gasteiger partial charge is 1.00 e. The zero-order valence-electron chi connectivity index (χ0n) is 4.97. The maximum absolute atomic E-state index is 9.63. The molecule has 0 aromatic carbocycles. The topological polar surface area (TPSA) is 66.2 Å². The number of carbonyl (C=O) groups is 1. The van der Waals surface area contributed by atoms with Crippen molar-refractivity contribution < 1.29 is 61.3 Å². The quantitative estimate of drug-likeness (QED) is 0.295. The van der Waals surface area contributed by atoms with Crippen LogP contribution in [0.5, 0.6) is 0 Å². The van der Waals surface area contributed by atoms with Crippen molar-refractivity contribution in [2.24, 2.45) is 5.73 Å². The van der Waals surface area contributed by atoms with Gasteiger partial charge >= 0.3 is 51.4 Å². The third kappa shape index (κ3) is 4.80. The summed E-state index contributed by atoms with van der Waals surface area (Å²) in [6, 6.07) is 0. The Morgan fingerprint density at radius 2 is 2.12 bits per heavy atom. The number of carboxylic acids is 1. The van der Waals surface area contributed by atoms with E-state index in [1.807, 2.05) is 0 Å². The summed E-state index contributed by atoms with van der Waals surface area (Å²) in [5.74, 6) is -1.32. The number of hydrogen-bond acceptors (Lipinski definition) is 3. The molecule has 4 heteroatoms. The first-order chi connectivity index (χ1) is 3.18. The van der Waals surface area contributed by atoms with E-state index in [2.05, 4.69) is 0 Å². The summed E-state index contributed by atoms with van der Waals surface area (Å²) in [5.41, 5.74) is 4.59. The normalized spacial score (nSPS) is 9.88. The Bertz CT molecular complexity index is 111. The van der Waals surface area contributed by atoms with Crippen LogP contribution in [0.1, 0.15) is 6.92 Å². The van der Waals surface area contributed by atoms with Gasteiger partial charge in [0.15, 0.2) is 0 Å². The number of carboxylic acid groups (broad SMARTS) is 1. The predicted molar refractivity (Wildman–Crippen MR) is 23.0 cm³/mol. The van der Waals surface area contributed by atoms with Crippen molar-refractivity contribution in [2.45, 2.75) is 6.92 Å². The average molecular weight is 139 g/mol. The van der Waals surface area contributed by atoms with Crippen LogP contribution in [0.2, 0.25) is 0 Å². The summed E-state index contributed by atoms with van der Waals surface area (Å²) >= 11 is 0. The molecule has 0 heterocycles. The van der Waals surface area contributed by atoms with Crippen LogP contribution in [0.3, 0.4) is 0 Å². The average Bonchev–Trinajstić information content (AvgIpc) is 1.65. The molecule has 3 nitrogen and oxygen atoms in total. The molecule has 0 saturated carbocycles. The van der Waals surface area contributed by atoms with Crippen molar-refractivity contribution in [1.29, 1.82) is 0 Å². The van der Waals surface area contributed by atoms with Gasteiger partial charge in [0, 0.05) is 0 Å². The van der Waals surface area contributed by atoms with E-state index in [1.165, 1.54) is 13.0 Å². The Kier molecular flexibility index (Phi) is 8.26. The van der Waals surface area contributed by atoms with E-state index < -0.39 is 5.97 Å². The monoisotopic (exact) mass is 139 g/mol. The van der Waals surface area contributed by atoms with Gasteiger partial charge in [0.1, 0.15) is 0 Å². The van der Waals surface area contributed by atoms with Crippen molar-refractivity contribution in [2.75, 3.05) is 0 Å². The van der Waals surface area contributed by atoms with E-state index in [1.54, 1.807) is 0 Å². The fourth-order valence-electron chi connectivity index (χ4n) is 0.118. The first-order valence-corrected chi connectivity index (χ1v) is 1.81. The molecule has 40 valence electrons. The standard InChI is InChI=1S/C4H7NO2.K/c1-2-3(5)4(6)7;/h2H,5H2,1H3,(H,6,7);/q;+1/p-1/b3-2-;. The first-order valence-electron chi connectivity index (χ1n) is 1.81. The minimum atomic E-state index is -1.32. The van der Waals surface area contributed by atoms with Crippen LogP contribution in [-0.2, 0) is 4.79 Å². The van der Waals surface area contributed by atoms with Gasteiger partial charge in [-0.3, -0.25) is 0 Å². The van der Waals surface area contributed by atoms with Gasteiger partial charge in [0.2, 0.25) is 0 Å². The summed E-state index contributed by atoms with van der Waals surface area (Å²) in [7, 11) is 0. The van der Waals surface area contributed by atoms with Crippen LogP contribution in [0.4, 0.5) is 0 Å². The maximum atomic E-state index is 9.63. The SMILES string of the molecule is C/C=C(\N)C(=O)[O-].[K+]. The van der Waals surface area contributed by atoms with Crippen molar-refractivity contribution in [3.8, 4) is 0 Å². The third-order valence-electron chi connectivity index (χ3n) is 0.547. The van der Waals surface area contributed by atoms with Crippen LogP contribution < -0.4 is 62.2 Å². The second-order valence-corrected chi connectivity index (χ2v) is 1.03. The maximum Gasteiger partial charge on any atom is 1.00 e. The van der Waals surface area contributed by atoms with Gasteiger partial charge in [0.25, 0.3) is 0 Å². The Morgan fingerprint density at radius 3 is 2.12 bits per heavy atom. The van der Waals surface area contributed by atoms with Gasteiger partial charge in [-0.2, -0.15) is 0 Å². The van der Waals surface area contributed by atoms with Crippen LogP contribution >= 0.6 is 0 Å². The number of allylic oxidation sites excluding steroid dienone is 1. The summed E-state index contributed by atoms with van der Waals surface area (Å²) in [6.07, 6.45) is 1.27. The smallest absolute Gasteiger partial charge is 0.543 e. The summed E-state index contributed by atoms with van der Waals surface area (Å²) < 4.78 is 0. The Morgan fingerprint density at radius 1 is 1.75 bits per heavy atom. The fourth-order valence-corrected chi connectivity index (χ4v) is 0.118. The van der Waals surface area contributed by atoms with Gasteiger partial charge in [-0.25, -0.2) is 0 Å². The van der Waals surface area contributed by atoms with Crippen LogP contribution in [-0.4, -0.2) is 5.97 Å². The van der Waals surface area contributed by atoms with Crippen LogP contribution in [0.15, 0.2) is 11.8 Å². The molecule has 0 saturated heterocycles. The minimum absolute atomic E-state index is 0. The summed E-state index contributed by atoms with van der Waals surface area (Å²) in [4.78, 5) is 9.63. The zero-order valence-corrected chi connectivity index (χ0v) is 8.09. The molecule has 0 aromatic heterocycles. The molecule has 8 heavy (non-hydrogen) atoms. The second-order valence-electron chi connectivity index (χ2n) is 1.03. The van der Waals surface area contributed by atoms with Gasteiger partial charge in [0.05, 0.1) is 11.7 Å². The number of nitrogens with two attached hydrogens (primary N) is 1. The second kappa shape index (κ2) is 5.78. The van der Waals surface area contributed by atoms with Gasteiger partial charge < -0.3 is 15.6 Å². The van der Waals surface area contributed by atoms with Crippen LogP contribution in [0.25, 0.3) is 0 Å². The third-order valence-corrected chi connectivity index (χ3v) is 0.547. The molecule has 2 N–H and O–H groups in total. The first kappa shape index (κ1) is 11.4.